The van der Waals surface area contributed by atoms with Gasteiger partial charge in [0.2, 0.25) is 11.7 Å². The summed E-state index contributed by atoms with van der Waals surface area (Å²) in [5.74, 6) is -0.244. The van der Waals surface area contributed by atoms with Crippen LogP contribution in [0, 0.1) is 5.92 Å². The van der Waals surface area contributed by atoms with Gasteiger partial charge >= 0.3 is 0 Å². The third-order valence-electron chi connectivity index (χ3n) is 3.76. The van der Waals surface area contributed by atoms with Gasteiger partial charge in [0.25, 0.3) is 5.91 Å². The molecule has 116 valence electrons. The van der Waals surface area contributed by atoms with Crippen molar-refractivity contribution in [3.63, 3.8) is 0 Å². The van der Waals surface area contributed by atoms with E-state index in [1.807, 2.05) is 14.0 Å². The van der Waals surface area contributed by atoms with Crippen molar-refractivity contribution in [1.29, 1.82) is 0 Å². The predicted molar refractivity (Wildman–Crippen MR) is 76.8 cm³/mol. The number of aromatic nitrogens is 1. The SMILES string of the molecule is CCc1cc(C(=O)N2CCN(C)C[C@H](C(=O)NC)C2)on1. The van der Waals surface area contributed by atoms with Crippen molar-refractivity contribution in [3.05, 3.63) is 17.5 Å². The fraction of sp³-hybridized carbons (Fsp3) is 0.643. The van der Waals surface area contributed by atoms with E-state index in [4.69, 9.17) is 4.52 Å². The number of carbonyl (C=O) groups is 2. The summed E-state index contributed by atoms with van der Waals surface area (Å²) in [6.45, 7) is 4.29. The molecule has 0 bridgehead atoms. The van der Waals surface area contributed by atoms with Crippen molar-refractivity contribution >= 4 is 11.8 Å². The summed E-state index contributed by atoms with van der Waals surface area (Å²) in [6, 6.07) is 1.67. The van der Waals surface area contributed by atoms with Crippen molar-refractivity contribution in [2.24, 2.45) is 5.92 Å². The van der Waals surface area contributed by atoms with E-state index in [2.05, 4.69) is 15.4 Å². The molecular formula is C14H22N4O3. The first kappa shape index (κ1) is 15.5. The third-order valence-corrected chi connectivity index (χ3v) is 3.76. The zero-order chi connectivity index (χ0) is 15.4. The fourth-order valence-electron chi connectivity index (χ4n) is 2.46. The summed E-state index contributed by atoms with van der Waals surface area (Å²) in [6.07, 6.45) is 0.723. The van der Waals surface area contributed by atoms with Crippen LogP contribution in [0.2, 0.25) is 0 Å². The molecule has 0 saturated carbocycles. The Bertz CT molecular complexity index is 514. The number of hydrogen-bond donors (Lipinski definition) is 1. The molecule has 7 heteroatoms. The van der Waals surface area contributed by atoms with Gasteiger partial charge in [-0.05, 0) is 13.5 Å². The minimum Gasteiger partial charge on any atom is -0.359 e. The molecule has 2 heterocycles. The van der Waals surface area contributed by atoms with Crippen LogP contribution in [0.3, 0.4) is 0 Å². The van der Waals surface area contributed by atoms with Crippen molar-refractivity contribution in [2.75, 3.05) is 40.3 Å². The molecule has 0 spiro atoms. The molecule has 1 fully saturated rings. The molecule has 7 nitrogen and oxygen atoms in total. The van der Waals surface area contributed by atoms with Crippen LogP contribution >= 0.6 is 0 Å². The lowest BCUT2D eigenvalue weighted by Crippen LogP contribution is -2.41. The molecule has 21 heavy (non-hydrogen) atoms. The predicted octanol–water partition coefficient (Wildman–Crippen LogP) is -0.0132. The molecule has 2 amide bonds. The molecule has 0 radical (unpaired) electrons. The van der Waals surface area contributed by atoms with E-state index in [0.717, 1.165) is 18.7 Å². The summed E-state index contributed by atoms with van der Waals surface area (Å²) in [5, 5.41) is 6.50. The Labute approximate surface area is 124 Å². The number of likely N-dealkylation sites (N-methyl/N-ethyl adjacent to an activating group) is 1. The van der Waals surface area contributed by atoms with E-state index in [9.17, 15) is 9.59 Å². The van der Waals surface area contributed by atoms with E-state index < -0.39 is 0 Å². The lowest BCUT2D eigenvalue weighted by Gasteiger charge is -2.22. The van der Waals surface area contributed by atoms with Gasteiger partial charge in [-0.3, -0.25) is 9.59 Å². The lowest BCUT2D eigenvalue weighted by molar-refractivity contribution is -0.125. The first-order chi connectivity index (χ1) is 10.0. The Morgan fingerprint density at radius 1 is 1.43 bits per heavy atom. The number of hydrogen-bond acceptors (Lipinski definition) is 5. The molecule has 0 aromatic carbocycles. The van der Waals surface area contributed by atoms with E-state index in [-0.39, 0.29) is 23.5 Å². The number of nitrogens with one attached hydrogen (secondary N) is 1. The van der Waals surface area contributed by atoms with E-state index in [1.54, 1.807) is 18.0 Å². The van der Waals surface area contributed by atoms with Crippen LogP contribution in [-0.2, 0) is 11.2 Å². The van der Waals surface area contributed by atoms with Crippen LogP contribution < -0.4 is 5.32 Å². The second-order valence-electron chi connectivity index (χ2n) is 5.36. The Morgan fingerprint density at radius 3 is 2.81 bits per heavy atom. The van der Waals surface area contributed by atoms with Gasteiger partial charge in [-0.2, -0.15) is 0 Å². The average Bonchev–Trinajstić information content (AvgIpc) is 2.89. The molecule has 1 atom stereocenters. The van der Waals surface area contributed by atoms with Crippen LogP contribution in [0.25, 0.3) is 0 Å². The standard InChI is InChI=1S/C14H22N4O3/c1-4-11-7-12(21-16-11)14(20)18-6-5-17(3)8-10(9-18)13(19)15-2/h7,10H,4-6,8-9H2,1-3H3,(H,15,19)/t10-/m0/s1. The highest BCUT2D eigenvalue weighted by Crippen LogP contribution is 2.14. The molecule has 1 N–H and O–H groups in total. The Balaban J connectivity index is 2.13. The van der Waals surface area contributed by atoms with Crippen molar-refractivity contribution in [2.45, 2.75) is 13.3 Å². The van der Waals surface area contributed by atoms with Gasteiger partial charge < -0.3 is 19.6 Å². The Morgan fingerprint density at radius 2 is 2.19 bits per heavy atom. The Kier molecular flexibility index (Phi) is 4.95. The maximum absolute atomic E-state index is 12.5. The molecule has 1 saturated heterocycles. The number of nitrogens with zero attached hydrogens (tertiary/aromatic N) is 3. The monoisotopic (exact) mass is 294 g/mol. The molecule has 0 aliphatic carbocycles. The molecule has 1 aromatic heterocycles. The van der Waals surface area contributed by atoms with Gasteiger partial charge in [-0.25, -0.2) is 0 Å². The zero-order valence-corrected chi connectivity index (χ0v) is 12.8. The summed E-state index contributed by atoms with van der Waals surface area (Å²) >= 11 is 0. The summed E-state index contributed by atoms with van der Waals surface area (Å²) in [4.78, 5) is 28.1. The molecule has 1 aliphatic heterocycles. The number of aryl methyl sites for hydroxylation is 1. The third kappa shape index (κ3) is 3.60. The highest BCUT2D eigenvalue weighted by Gasteiger charge is 2.30. The van der Waals surface area contributed by atoms with Crippen molar-refractivity contribution in [1.82, 2.24) is 20.3 Å². The van der Waals surface area contributed by atoms with Gasteiger partial charge in [0, 0.05) is 39.3 Å². The maximum Gasteiger partial charge on any atom is 0.292 e. The topological polar surface area (TPSA) is 78.7 Å². The molecule has 1 aliphatic rings. The van der Waals surface area contributed by atoms with Gasteiger partial charge in [-0.15, -0.1) is 0 Å². The molecule has 2 rings (SSSR count). The van der Waals surface area contributed by atoms with Crippen LogP contribution in [0.5, 0.6) is 0 Å². The largest absolute Gasteiger partial charge is 0.359 e. The summed E-state index contributed by atoms with van der Waals surface area (Å²) in [5.41, 5.74) is 0.758. The van der Waals surface area contributed by atoms with Gasteiger partial charge in [0.1, 0.15) is 0 Å². The molecule has 1 aromatic rings. The minimum atomic E-state index is -0.236. The van der Waals surface area contributed by atoms with Crippen LogP contribution in [-0.4, -0.2) is 67.0 Å². The van der Waals surface area contributed by atoms with Gasteiger partial charge in [0.15, 0.2) is 0 Å². The van der Waals surface area contributed by atoms with Crippen LogP contribution in [0.15, 0.2) is 10.6 Å². The van der Waals surface area contributed by atoms with Gasteiger partial charge in [0.05, 0.1) is 11.6 Å². The smallest absolute Gasteiger partial charge is 0.292 e. The summed E-state index contributed by atoms with van der Waals surface area (Å²) in [7, 11) is 3.57. The van der Waals surface area contributed by atoms with Gasteiger partial charge in [-0.1, -0.05) is 12.1 Å². The molecular weight excluding hydrogens is 272 g/mol. The fourth-order valence-corrected chi connectivity index (χ4v) is 2.46. The molecule has 0 unspecified atom stereocenters. The minimum absolute atomic E-state index is 0.0478. The zero-order valence-electron chi connectivity index (χ0n) is 12.8. The number of carbonyl (C=O) groups excluding carboxylic acids is 2. The quantitative estimate of drug-likeness (QED) is 0.848. The first-order valence-electron chi connectivity index (χ1n) is 7.20. The number of amides is 2. The highest BCUT2D eigenvalue weighted by molar-refractivity contribution is 5.92. The normalized spacial score (nSPS) is 20.1. The second kappa shape index (κ2) is 6.71. The average molecular weight is 294 g/mol. The summed E-state index contributed by atoms with van der Waals surface area (Å²) < 4.78 is 5.10. The first-order valence-corrected chi connectivity index (χ1v) is 7.20. The lowest BCUT2D eigenvalue weighted by atomic mass is 10.1. The van der Waals surface area contributed by atoms with Crippen molar-refractivity contribution < 1.29 is 14.1 Å². The highest BCUT2D eigenvalue weighted by atomic mass is 16.5. The van der Waals surface area contributed by atoms with Crippen molar-refractivity contribution in [3.8, 4) is 0 Å². The van der Waals surface area contributed by atoms with E-state index >= 15 is 0 Å². The maximum atomic E-state index is 12.5. The second-order valence-corrected chi connectivity index (χ2v) is 5.36. The number of rotatable bonds is 3. The van der Waals surface area contributed by atoms with Crippen LogP contribution in [0.4, 0.5) is 0 Å². The van der Waals surface area contributed by atoms with E-state index in [0.29, 0.717) is 19.6 Å². The van der Waals surface area contributed by atoms with Crippen LogP contribution in [0.1, 0.15) is 23.2 Å². The van der Waals surface area contributed by atoms with E-state index in [1.165, 1.54) is 0 Å². The Hall–Kier alpha value is -1.89.